The summed E-state index contributed by atoms with van der Waals surface area (Å²) in [6.45, 7) is 0. The van der Waals surface area contributed by atoms with E-state index in [0.29, 0.717) is 0 Å². The van der Waals surface area contributed by atoms with E-state index in [4.69, 9.17) is 0 Å². The number of para-hydroxylation sites is 1. The standard InChI is InChI=1S/C52H35NS/c1-2-14-36(15-3-1)38-30-32-42(33-31-38)53(49-25-10-8-22-46(49)47-24-13-27-51-52(47)48-23-9-11-26-50(48)54-51)43-19-12-18-40(35-43)44-20-6-7-21-45(44)41-29-28-37-16-4-5-17-39(37)34-41/h1-35H. The summed E-state index contributed by atoms with van der Waals surface area (Å²) in [7, 11) is 0. The number of nitrogens with zero attached hydrogens (tertiary/aromatic N) is 1. The minimum absolute atomic E-state index is 1.10. The number of benzene rings is 9. The van der Waals surface area contributed by atoms with Gasteiger partial charge in [-0.25, -0.2) is 0 Å². The Morgan fingerprint density at radius 3 is 1.72 bits per heavy atom. The van der Waals surface area contributed by atoms with Gasteiger partial charge in [0.05, 0.1) is 5.69 Å². The van der Waals surface area contributed by atoms with Crippen molar-refractivity contribution in [1.29, 1.82) is 0 Å². The van der Waals surface area contributed by atoms with Gasteiger partial charge in [-0.2, -0.15) is 0 Å². The molecule has 0 saturated carbocycles. The summed E-state index contributed by atoms with van der Waals surface area (Å²) in [6, 6.07) is 77.2. The predicted molar refractivity (Wildman–Crippen MR) is 233 cm³/mol. The van der Waals surface area contributed by atoms with Gasteiger partial charge in [-0.1, -0.05) is 164 Å². The van der Waals surface area contributed by atoms with Crippen molar-refractivity contribution >= 4 is 59.3 Å². The predicted octanol–water partition coefficient (Wildman–Crippen LogP) is 15.3. The van der Waals surface area contributed by atoms with E-state index in [1.54, 1.807) is 0 Å². The fourth-order valence-electron chi connectivity index (χ4n) is 7.91. The molecule has 1 heterocycles. The van der Waals surface area contributed by atoms with Crippen LogP contribution in [0.3, 0.4) is 0 Å². The van der Waals surface area contributed by atoms with Crippen molar-refractivity contribution in [2.24, 2.45) is 0 Å². The maximum atomic E-state index is 2.43. The van der Waals surface area contributed by atoms with E-state index >= 15 is 0 Å². The second-order valence-electron chi connectivity index (χ2n) is 13.7. The van der Waals surface area contributed by atoms with Crippen LogP contribution in [0.5, 0.6) is 0 Å². The van der Waals surface area contributed by atoms with Crippen LogP contribution in [-0.2, 0) is 0 Å². The maximum absolute atomic E-state index is 2.43. The summed E-state index contributed by atoms with van der Waals surface area (Å²) < 4.78 is 2.61. The van der Waals surface area contributed by atoms with E-state index in [9.17, 15) is 0 Å². The van der Waals surface area contributed by atoms with Crippen molar-refractivity contribution in [2.45, 2.75) is 0 Å². The highest BCUT2D eigenvalue weighted by Gasteiger charge is 2.21. The number of anilines is 3. The molecule has 0 amide bonds. The molecule has 0 fully saturated rings. The number of hydrogen-bond acceptors (Lipinski definition) is 2. The Morgan fingerprint density at radius 1 is 0.315 bits per heavy atom. The van der Waals surface area contributed by atoms with Gasteiger partial charge >= 0.3 is 0 Å². The van der Waals surface area contributed by atoms with E-state index < -0.39 is 0 Å². The lowest BCUT2D eigenvalue weighted by atomic mass is 9.92. The van der Waals surface area contributed by atoms with Crippen molar-refractivity contribution in [3.05, 3.63) is 212 Å². The average molecular weight is 706 g/mol. The zero-order valence-corrected chi connectivity index (χ0v) is 30.4. The molecule has 0 aliphatic heterocycles. The summed E-state index contributed by atoms with van der Waals surface area (Å²) in [5.41, 5.74) is 13.0. The summed E-state index contributed by atoms with van der Waals surface area (Å²) in [5, 5.41) is 5.10. The summed E-state index contributed by atoms with van der Waals surface area (Å²) in [6.07, 6.45) is 0. The minimum Gasteiger partial charge on any atom is -0.310 e. The van der Waals surface area contributed by atoms with Crippen molar-refractivity contribution in [1.82, 2.24) is 0 Å². The Hall–Kier alpha value is -6.74. The Labute approximate surface area is 319 Å². The minimum atomic E-state index is 1.10. The van der Waals surface area contributed by atoms with Crippen molar-refractivity contribution in [2.75, 3.05) is 4.90 Å². The largest absolute Gasteiger partial charge is 0.310 e. The molecule has 254 valence electrons. The lowest BCUT2D eigenvalue weighted by molar-refractivity contribution is 1.28. The second-order valence-corrected chi connectivity index (χ2v) is 14.8. The van der Waals surface area contributed by atoms with Gasteiger partial charge < -0.3 is 4.90 Å². The number of hydrogen-bond donors (Lipinski definition) is 0. The van der Waals surface area contributed by atoms with Crippen LogP contribution in [0.4, 0.5) is 17.1 Å². The van der Waals surface area contributed by atoms with Crippen LogP contribution in [0.15, 0.2) is 212 Å². The van der Waals surface area contributed by atoms with Crippen LogP contribution >= 0.6 is 11.3 Å². The van der Waals surface area contributed by atoms with Gasteiger partial charge in [0.15, 0.2) is 0 Å². The molecule has 0 aliphatic carbocycles. The molecule has 0 saturated heterocycles. The van der Waals surface area contributed by atoms with E-state index in [1.165, 1.54) is 75.5 Å². The average Bonchev–Trinajstić information content (AvgIpc) is 3.64. The van der Waals surface area contributed by atoms with E-state index in [-0.39, 0.29) is 0 Å². The highest BCUT2D eigenvalue weighted by Crippen LogP contribution is 2.47. The molecule has 2 heteroatoms. The van der Waals surface area contributed by atoms with Crippen LogP contribution in [-0.4, -0.2) is 0 Å². The topological polar surface area (TPSA) is 3.24 Å². The van der Waals surface area contributed by atoms with Crippen LogP contribution in [0, 0.1) is 0 Å². The zero-order valence-electron chi connectivity index (χ0n) is 29.6. The van der Waals surface area contributed by atoms with E-state index in [1.807, 2.05) is 11.3 Å². The van der Waals surface area contributed by atoms with Gasteiger partial charge in [-0.15, -0.1) is 11.3 Å². The molecule has 9 aromatic carbocycles. The van der Waals surface area contributed by atoms with Gasteiger partial charge in [-0.3, -0.25) is 0 Å². The lowest BCUT2D eigenvalue weighted by Gasteiger charge is -2.29. The molecule has 0 spiro atoms. The fourth-order valence-corrected chi connectivity index (χ4v) is 9.04. The van der Waals surface area contributed by atoms with Crippen LogP contribution in [0.2, 0.25) is 0 Å². The third-order valence-electron chi connectivity index (χ3n) is 10.5. The van der Waals surface area contributed by atoms with E-state index in [2.05, 4.69) is 217 Å². The summed E-state index contributed by atoms with van der Waals surface area (Å²) in [5.74, 6) is 0. The number of thiophene rings is 1. The molecule has 0 aliphatic rings. The van der Waals surface area contributed by atoms with Crippen LogP contribution in [0.1, 0.15) is 0 Å². The Kier molecular flexibility index (Phi) is 8.09. The molecule has 10 rings (SSSR count). The third-order valence-corrected chi connectivity index (χ3v) is 11.6. The van der Waals surface area contributed by atoms with Crippen molar-refractivity contribution < 1.29 is 0 Å². The van der Waals surface area contributed by atoms with Gasteiger partial charge in [-0.05, 0) is 98.2 Å². The first-order valence-electron chi connectivity index (χ1n) is 18.4. The van der Waals surface area contributed by atoms with Gasteiger partial charge in [0.1, 0.15) is 0 Å². The van der Waals surface area contributed by atoms with Crippen LogP contribution in [0.25, 0.3) is 75.5 Å². The molecule has 1 aromatic heterocycles. The molecule has 0 bridgehead atoms. The molecule has 0 atom stereocenters. The molecule has 0 unspecified atom stereocenters. The highest BCUT2D eigenvalue weighted by atomic mass is 32.1. The smallest absolute Gasteiger partial charge is 0.0540 e. The van der Waals surface area contributed by atoms with Crippen LogP contribution < -0.4 is 4.90 Å². The number of fused-ring (bicyclic) bond motifs is 4. The zero-order chi connectivity index (χ0) is 35.8. The third kappa shape index (κ3) is 5.74. The quantitative estimate of drug-likeness (QED) is 0.160. The van der Waals surface area contributed by atoms with Crippen molar-refractivity contribution in [3.63, 3.8) is 0 Å². The fraction of sp³-hybridized carbons (Fsp3) is 0. The molecule has 0 radical (unpaired) electrons. The van der Waals surface area contributed by atoms with Gasteiger partial charge in [0.25, 0.3) is 0 Å². The first kappa shape index (κ1) is 32.0. The van der Waals surface area contributed by atoms with Gasteiger partial charge in [0, 0.05) is 37.1 Å². The molecule has 10 aromatic rings. The van der Waals surface area contributed by atoms with Gasteiger partial charge in [0.2, 0.25) is 0 Å². The van der Waals surface area contributed by atoms with Crippen molar-refractivity contribution in [3.8, 4) is 44.5 Å². The monoisotopic (exact) mass is 705 g/mol. The molecular formula is C52H35NS. The maximum Gasteiger partial charge on any atom is 0.0540 e. The van der Waals surface area contributed by atoms with E-state index in [0.717, 1.165) is 17.1 Å². The normalized spacial score (nSPS) is 11.3. The first-order valence-corrected chi connectivity index (χ1v) is 19.2. The Morgan fingerprint density at radius 2 is 0.889 bits per heavy atom. The molecule has 0 N–H and O–H groups in total. The Balaban J connectivity index is 1.16. The Bertz CT molecular complexity index is 2940. The summed E-state index contributed by atoms with van der Waals surface area (Å²) >= 11 is 1.86. The first-order chi connectivity index (χ1) is 26.8. The molecule has 54 heavy (non-hydrogen) atoms. The molecular weight excluding hydrogens is 671 g/mol. The summed E-state index contributed by atoms with van der Waals surface area (Å²) in [4.78, 5) is 2.43. The highest BCUT2D eigenvalue weighted by molar-refractivity contribution is 7.25. The SMILES string of the molecule is c1ccc(-c2ccc(N(c3cccc(-c4ccccc4-c4ccc5ccccc5c4)c3)c3ccccc3-c3cccc4sc5ccccc5c34)cc2)cc1. The second kappa shape index (κ2) is 13.7. The number of rotatable bonds is 7. The lowest BCUT2D eigenvalue weighted by Crippen LogP contribution is -2.11. The molecule has 1 nitrogen and oxygen atoms in total.